The van der Waals surface area contributed by atoms with E-state index in [-0.39, 0.29) is 18.6 Å². The number of ether oxygens (including phenoxy) is 1. The maximum atomic E-state index is 12.0. The first-order valence-electron chi connectivity index (χ1n) is 7.77. The molecule has 4 heteroatoms. The molecule has 0 unspecified atom stereocenters. The van der Waals surface area contributed by atoms with E-state index in [1.807, 2.05) is 44.2 Å². The van der Waals surface area contributed by atoms with Crippen LogP contribution in [-0.2, 0) is 11.2 Å². The van der Waals surface area contributed by atoms with Crippen molar-refractivity contribution in [2.75, 3.05) is 6.61 Å². The predicted octanol–water partition coefficient (Wildman–Crippen LogP) is 4.16. The number of rotatable bonds is 7. The van der Waals surface area contributed by atoms with Gasteiger partial charge < -0.3 is 10.1 Å². The Labute approximate surface area is 142 Å². The second kappa shape index (κ2) is 8.59. The molecule has 1 amide bonds. The molecule has 0 bridgehead atoms. The summed E-state index contributed by atoms with van der Waals surface area (Å²) in [7, 11) is 0. The van der Waals surface area contributed by atoms with Gasteiger partial charge in [-0.1, -0.05) is 48.0 Å². The van der Waals surface area contributed by atoms with Gasteiger partial charge in [0, 0.05) is 6.04 Å². The van der Waals surface area contributed by atoms with E-state index in [1.54, 1.807) is 6.07 Å². The Morgan fingerprint density at radius 1 is 1.22 bits per heavy atom. The fraction of sp³-hybridized carbons (Fsp3) is 0.316. The number of carbonyl (C=O) groups is 1. The minimum Gasteiger partial charge on any atom is -0.482 e. The van der Waals surface area contributed by atoms with Gasteiger partial charge in [0.15, 0.2) is 6.61 Å². The molecule has 2 rings (SSSR count). The van der Waals surface area contributed by atoms with Crippen molar-refractivity contribution in [2.45, 2.75) is 32.7 Å². The molecule has 0 radical (unpaired) electrons. The van der Waals surface area contributed by atoms with E-state index in [0.717, 1.165) is 18.4 Å². The van der Waals surface area contributed by atoms with Gasteiger partial charge in [0.25, 0.3) is 5.91 Å². The van der Waals surface area contributed by atoms with Crippen molar-refractivity contribution < 1.29 is 9.53 Å². The fourth-order valence-corrected chi connectivity index (χ4v) is 2.45. The van der Waals surface area contributed by atoms with Crippen molar-refractivity contribution in [3.05, 3.63) is 64.7 Å². The van der Waals surface area contributed by atoms with E-state index in [2.05, 4.69) is 17.4 Å². The van der Waals surface area contributed by atoms with Crippen LogP contribution < -0.4 is 10.1 Å². The van der Waals surface area contributed by atoms with Gasteiger partial charge in [-0.05, 0) is 49.9 Å². The standard InChI is InChI=1S/C19H22ClNO2/c1-14-8-11-17(20)18(12-14)23-13-19(22)21-15(2)9-10-16-6-4-3-5-7-16/h3-8,11-12,15H,9-10,13H2,1-2H3,(H,21,22)/t15-/m0/s1. The van der Waals surface area contributed by atoms with Crippen LogP contribution in [0.3, 0.4) is 0 Å². The van der Waals surface area contributed by atoms with Crippen molar-refractivity contribution in [1.29, 1.82) is 0 Å². The molecule has 23 heavy (non-hydrogen) atoms. The Hall–Kier alpha value is -2.00. The van der Waals surface area contributed by atoms with Crippen molar-refractivity contribution in [3.8, 4) is 5.75 Å². The third kappa shape index (κ3) is 5.95. The summed E-state index contributed by atoms with van der Waals surface area (Å²) in [6.07, 6.45) is 1.83. The second-order valence-electron chi connectivity index (χ2n) is 5.72. The van der Waals surface area contributed by atoms with Gasteiger partial charge in [-0.15, -0.1) is 0 Å². The van der Waals surface area contributed by atoms with Gasteiger partial charge in [-0.25, -0.2) is 0 Å². The molecule has 1 N–H and O–H groups in total. The third-order valence-electron chi connectivity index (χ3n) is 3.56. The lowest BCUT2D eigenvalue weighted by Gasteiger charge is -2.15. The number of halogens is 1. The molecule has 0 aliphatic rings. The largest absolute Gasteiger partial charge is 0.482 e. The fourth-order valence-electron chi connectivity index (χ4n) is 2.28. The molecule has 0 fully saturated rings. The third-order valence-corrected chi connectivity index (χ3v) is 3.87. The first-order valence-corrected chi connectivity index (χ1v) is 8.14. The van der Waals surface area contributed by atoms with E-state index in [1.165, 1.54) is 5.56 Å². The quantitative estimate of drug-likeness (QED) is 0.827. The molecule has 0 aliphatic carbocycles. The minimum atomic E-state index is -0.136. The summed E-state index contributed by atoms with van der Waals surface area (Å²) >= 11 is 6.05. The first kappa shape index (κ1) is 17.4. The van der Waals surface area contributed by atoms with E-state index >= 15 is 0 Å². The van der Waals surface area contributed by atoms with E-state index < -0.39 is 0 Å². The molecule has 1 atom stereocenters. The molecule has 0 saturated heterocycles. The van der Waals surface area contributed by atoms with Crippen LogP contribution in [-0.4, -0.2) is 18.6 Å². The maximum Gasteiger partial charge on any atom is 0.258 e. The van der Waals surface area contributed by atoms with Crippen LogP contribution in [0.2, 0.25) is 5.02 Å². The Morgan fingerprint density at radius 3 is 2.70 bits per heavy atom. The molecule has 3 nitrogen and oxygen atoms in total. The van der Waals surface area contributed by atoms with Crippen LogP contribution in [0.1, 0.15) is 24.5 Å². The van der Waals surface area contributed by atoms with E-state index in [4.69, 9.17) is 16.3 Å². The number of hydrogen-bond acceptors (Lipinski definition) is 2. The van der Waals surface area contributed by atoms with Gasteiger partial charge in [-0.2, -0.15) is 0 Å². The van der Waals surface area contributed by atoms with Crippen LogP contribution in [0.5, 0.6) is 5.75 Å². The Morgan fingerprint density at radius 2 is 1.96 bits per heavy atom. The summed E-state index contributed by atoms with van der Waals surface area (Å²) in [5.41, 5.74) is 2.32. The summed E-state index contributed by atoms with van der Waals surface area (Å²) in [5.74, 6) is 0.405. The lowest BCUT2D eigenvalue weighted by Crippen LogP contribution is -2.36. The molecular weight excluding hydrogens is 310 g/mol. The van der Waals surface area contributed by atoms with Crippen LogP contribution in [0.15, 0.2) is 48.5 Å². The SMILES string of the molecule is Cc1ccc(Cl)c(OCC(=O)N[C@@H](C)CCc2ccccc2)c1. The van der Waals surface area contributed by atoms with Crippen molar-refractivity contribution >= 4 is 17.5 Å². The Balaban J connectivity index is 1.74. The van der Waals surface area contributed by atoms with E-state index in [0.29, 0.717) is 10.8 Å². The van der Waals surface area contributed by atoms with Crippen molar-refractivity contribution in [3.63, 3.8) is 0 Å². The van der Waals surface area contributed by atoms with Crippen molar-refractivity contribution in [2.24, 2.45) is 0 Å². The number of nitrogens with one attached hydrogen (secondary N) is 1. The Bertz CT molecular complexity index is 643. The molecule has 0 aromatic heterocycles. The molecule has 0 spiro atoms. The molecule has 0 aliphatic heterocycles. The average Bonchev–Trinajstić information content (AvgIpc) is 2.55. The highest BCUT2D eigenvalue weighted by Gasteiger charge is 2.10. The highest BCUT2D eigenvalue weighted by molar-refractivity contribution is 6.32. The molecule has 0 heterocycles. The number of amides is 1. The lowest BCUT2D eigenvalue weighted by molar-refractivity contribution is -0.123. The zero-order valence-corrected chi connectivity index (χ0v) is 14.3. The minimum absolute atomic E-state index is 0.0289. The van der Waals surface area contributed by atoms with Crippen LogP contribution in [0, 0.1) is 6.92 Å². The molecular formula is C19H22ClNO2. The Kier molecular flexibility index (Phi) is 6.48. The van der Waals surface area contributed by atoms with Gasteiger partial charge >= 0.3 is 0 Å². The maximum absolute atomic E-state index is 12.0. The smallest absolute Gasteiger partial charge is 0.258 e. The zero-order valence-electron chi connectivity index (χ0n) is 13.5. The highest BCUT2D eigenvalue weighted by Crippen LogP contribution is 2.25. The normalized spacial score (nSPS) is 11.8. The average molecular weight is 332 g/mol. The summed E-state index contributed by atoms with van der Waals surface area (Å²) in [6, 6.07) is 15.8. The summed E-state index contributed by atoms with van der Waals surface area (Å²) in [6.45, 7) is 3.92. The lowest BCUT2D eigenvalue weighted by atomic mass is 10.1. The number of hydrogen-bond donors (Lipinski definition) is 1. The van der Waals surface area contributed by atoms with E-state index in [9.17, 15) is 4.79 Å². The van der Waals surface area contributed by atoms with Gasteiger partial charge in [0.2, 0.25) is 0 Å². The van der Waals surface area contributed by atoms with Crippen LogP contribution in [0.4, 0.5) is 0 Å². The van der Waals surface area contributed by atoms with Gasteiger partial charge in [0.1, 0.15) is 5.75 Å². The van der Waals surface area contributed by atoms with Gasteiger partial charge in [-0.3, -0.25) is 4.79 Å². The molecule has 2 aromatic rings. The summed E-state index contributed by atoms with van der Waals surface area (Å²) < 4.78 is 5.50. The number of benzene rings is 2. The predicted molar refractivity (Wildman–Crippen MR) is 94.1 cm³/mol. The molecule has 0 saturated carbocycles. The molecule has 2 aromatic carbocycles. The highest BCUT2D eigenvalue weighted by atomic mass is 35.5. The zero-order chi connectivity index (χ0) is 16.7. The monoisotopic (exact) mass is 331 g/mol. The summed E-state index contributed by atoms with van der Waals surface area (Å²) in [5, 5.41) is 3.46. The first-order chi connectivity index (χ1) is 11.0. The van der Waals surface area contributed by atoms with Crippen LogP contribution in [0.25, 0.3) is 0 Å². The second-order valence-corrected chi connectivity index (χ2v) is 6.12. The number of aryl methyl sites for hydroxylation is 2. The topological polar surface area (TPSA) is 38.3 Å². The van der Waals surface area contributed by atoms with Crippen LogP contribution >= 0.6 is 11.6 Å². The molecule has 122 valence electrons. The number of carbonyl (C=O) groups excluding carboxylic acids is 1. The van der Waals surface area contributed by atoms with Crippen molar-refractivity contribution in [1.82, 2.24) is 5.32 Å². The summed E-state index contributed by atoms with van der Waals surface area (Å²) in [4.78, 5) is 12.0. The van der Waals surface area contributed by atoms with Gasteiger partial charge in [0.05, 0.1) is 5.02 Å².